The third kappa shape index (κ3) is 3.07. The van der Waals surface area contributed by atoms with Crippen molar-refractivity contribution in [2.75, 3.05) is 13.1 Å². The first kappa shape index (κ1) is 14.5. The molecule has 0 N–H and O–H groups in total. The van der Waals surface area contributed by atoms with E-state index in [0.717, 1.165) is 19.4 Å². The van der Waals surface area contributed by atoms with E-state index in [4.69, 9.17) is 10.00 Å². The number of carbonyl (C=O) groups is 1. The average molecular weight is 314 g/mol. The normalized spacial score (nSPS) is 17.8. The van der Waals surface area contributed by atoms with Crippen LogP contribution in [0.2, 0.25) is 0 Å². The monoisotopic (exact) mass is 314 g/mol. The molecule has 1 amide bonds. The van der Waals surface area contributed by atoms with Gasteiger partial charge in [-0.05, 0) is 24.3 Å². The molecule has 0 spiro atoms. The Labute approximate surface area is 132 Å². The fraction of sp³-hybridized carbons (Fsp3) is 0.333. The Bertz CT molecular complexity index is 696. The van der Waals surface area contributed by atoms with Crippen molar-refractivity contribution in [1.82, 2.24) is 14.9 Å². The van der Waals surface area contributed by atoms with E-state index in [1.807, 2.05) is 22.9 Å². The minimum absolute atomic E-state index is 0.0224. The highest BCUT2D eigenvalue weighted by atomic mass is 32.1. The van der Waals surface area contributed by atoms with Crippen molar-refractivity contribution in [3.05, 3.63) is 40.5 Å². The molecule has 1 atom stereocenters. The van der Waals surface area contributed by atoms with Crippen molar-refractivity contribution in [2.45, 2.75) is 18.9 Å². The summed E-state index contributed by atoms with van der Waals surface area (Å²) in [6.45, 7) is 1.22. The molecular weight excluding hydrogens is 300 g/mol. The van der Waals surface area contributed by atoms with Crippen LogP contribution in [0.25, 0.3) is 0 Å². The smallest absolute Gasteiger partial charge is 0.254 e. The summed E-state index contributed by atoms with van der Waals surface area (Å²) in [5.74, 6) is 0.258. The molecule has 2 aromatic rings. The zero-order valence-corrected chi connectivity index (χ0v) is 12.6. The minimum Gasteiger partial charge on any atom is -0.470 e. The SMILES string of the molecule is N#Cc1nccnc1OC1CCCN(C(=O)c2ccsc2)C1. The third-order valence-electron chi connectivity index (χ3n) is 3.48. The summed E-state index contributed by atoms with van der Waals surface area (Å²) in [6.07, 6.45) is 4.48. The molecule has 0 saturated carbocycles. The van der Waals surface area contributed by atoms with Crippen LogP contribution in [0, 0.1) is 11.3 Å². The van der Waals surface area contributed by atoms with Crippen LogP contribution in [0.5, 0.6) is 5.88 Å². The number of likely N-dealkylation sites (tertiary alicyclic amines) is 1. The van der Waals surface area contributed by atoms with E-state index >= 15 is 0 Å². The molecule has 22 heavy (non-hydrogen) atoms. The number of rotatable bonds is 3. The van der Waals surface area contributed by atoms with E-state index in [0.29, 0.717) is 12.1 Å². The molecule has 7 heteroatoms. The molecule has 2 aromatic heterocycles. The van der Waals surface area contributed by atoms with Gasteiger partial charge in [0.25, 0.3) is 11.8 Å². The van der Waals surface area contributed by atoms with E-state index in [2.05, 4.69) is 9.97 Å². The van der Waals surface area contributed by atoms with Gasteiger partial charge in [-0.1, -0.05) is 0 Å². The Kier molecular flexibility index (Phi) is 4.30. The molecule has 112 valence electrons. The Balaban J connectivity index is 1.68. The van der Waals surface area contributed by atoms with E-state index in [-0.39, 0.29) is 23.6 Å². The fourth-order valence-corrected chi connectivity index (χ4v) is 3.06. The standard InChI is InChI=1S/C15H14N4O2S/c16-8-13-14(18-5-4-17-13)21-12-2-1-6-19(9-12)15(20)11-3-7-22-10-11/h3-5,7,10,12H,1-2,6,9H2. The van der Waals surface area contributed by atoms with E-state index in [1.165, 1.54) is 23.7 Å². The van der Waals surface area contributed by atoms with Crippen LogP contribution in [0.15, 0.2) is 29.2 Å². The first-order chi connectivity index (χ1) is 10.8. The highest BCUT2D eigenvalue weighted by molar-refractivity contribution is 7.08. The second-order valence-electron chi connectivity index (χ2n) is 4.97. The van der Waals surface area contributed by atoms with Gasteiger partial charge in [-0.3, -0.25) is 4.79 Å². The molecule has 1 aliphatic heterocycles. The predicted molar refractivity (Wildman–Crippen MR) is 80.6 cm³/mol. The molecule has 6 nitrogen and oxygen atoms in total. The molecular formula is C15H14N4O2S. The second kappa shape index (κ2) is 6.54. The molecule has 1 aliphatic rings. The molecule has 0 radical (unpaired) electrons. The number of aromatic nitrogens is 2. The first-order valence-corrected chi connectivity index (χ1v) is 7.91. The van der Waals surface area contributed by atoms with Crippen LogP contribution in [0.3, 0.4) is 0 Å². The Morgan fingerprint density at radius 3 is 3.09 bits per heavy atom. The van der Waals surface area contributed by atoms with Gasteiger partial charge in [0.05, 0.1) is 12.1 Å². The number of nitrogens with zero attached hydrogens (tertiary/aromatic N) is 4. The van der Waals surface area contributed by atoms with Gasteiger partial charge in [0.2, 0.25) is 5.69 Å². The number of hydrogen-bond acceptors (Lipinski definition) is 6. The summed E-state index contributed by atoms with van der Waals surface area (Å²) in [5, 5.41) is 12.8. The van der Waals surface area contributed by atoms with Crippen molar-refractivity contribution in [2.24, 2.45) is 0 Å². The van der Waals surface area contributed by atoms with Crippen molar-refractivity contribution < 1.29 is 9.53 Å². The second-order valence-corrected chi connectivity index (χ2v) is 5.75. The summed E-state index contributed by atoms with van der Waals surface area (Å²) in [7, 11) is 0. The van der Waals surface area contributed by atoms with Gasteiger partial charge < -0.3 is 9.64 Å². The van der Waals surface area contributed by atoms with Crippen molar-refractivity contribution >= 4 is 17.2 Å². The summed E-state index contributed by atoms with van der Waals surface area (Å²) in [6, 6.07) is 3.79. The fourth-order valence-electron chi connectivity index (χ4n) is 2.43. The molecule has 3 rings (SSSR count). The number of piperidine rings is 1. The van der Waals surface area contributed by atoms with Gasteiger partial charge in [-0.15, -0.1) is 0 Å². The van der Waals surface area contributed by atoms with Crippen LogP contribution in [0.4, 0.5) is 0 Å². The average Bonchev–Trinajstić information content (AvgIpc) is 3.09. The lowest BCUT2D eigenvalue weighted by Crippen LogP contribution is -2.44. The molecule has 0 aromatic carbocycles. The lowest BCUT2D eigenvalue weighted by molar-refractivity contribution is 0.0526. The van der Waals surface area contributed by atoms with Crippen LogP contribution in [0.1, 0.15) is 28.9 Å². The van der Waals surface area contributed by atoms with Crippen LogP contribution in [-0.2, 0) is 0 Å². The van der Waals surface area contributed by atoms with Gasteiger partial charge in [0.15, 0.2) is 0 Å². The summed E-state index contributed by atoms with van der Waals surface area (Å²) in [5.41, 5.74) is 0.881. The highest BCUT2D eigenvalue weighted by Crippen LogP contribution is 2.20. The van der Waals surface area contributed by atoms with Gasteiger partial charge in [-0.2, -0.15) is 16.6 Å². The largest absolute Gasteiger partial charge is 0.470 e. The van der Waals surface area contributed by atoms with Gasteiger partial charge in [0.1, 0.15) is 12.2 Å². The number of ether oxygens (including phenoxy) is 1. The van der Waals surface area contributed by atoms with Gasteiger partial charge >= 0.3 is 0 Å². The maximum absolute atomic E-state index is 12.4. The maximum Gasteiger partial charge on any atom is 0.254 e. The topological polar surface area (TPSA) is 79.1 Å². The van der Waals surface area contributed by atoms with Crippen LogP contribution >= 0.6 is 11.3 Å². The number of thiophene rings is 1. The van der Waals surface area contributed by atoms with Gasteiger partial charge in [-0.25, -0.2) is 9.97 Å². The molecule has 3 heterocycles. The van der Waals surface area contributed by atoms with E-state index < -0.39 is 0 Å². The molecule has 1 fully saturated rings. The predicted octanol–water partition coefficient (Wildman–Crippen LogP) is 2.09. The first-order valence-electron chi connectivity index (χ1n) is 6.97. The number of amides is 1. The number of hydrogen-bond donors (Lipinski definition) is 0. The Hall–Kier alpha value is -2.46. The summed E-state index contributed by atoms with van der Waals surface area (Å²) in [4.78, 5) is 22.2. The Morgan fingerprint density at radius 1 is 1.45 bits per heavy atom. The quantitative estimate of drug-likeness (QED) is 0.866. The lowest BCUT2D eigenvalue weighted by atomic mass is 10.1. The van der Waals surface area contributed by atoms with Crippen molar-refractivity contribution in [3.8, 4) is 11.9 Å². The summed E-state index contributed by atoms with van der Waals surface area (Å²) >= 11 is 1.51. The Morgan fingerprint density at radius 2 is 2.32 bits per heavy atom. The zero-order chi connectivity index (χ0) is 15.4. The molecule has 0 aliphatic carbocycles. The van der Waals surface area contributed by atoms with Crippen molar-refractivity contribution in [1.29, 1.82) is 5.26 Å². The van der Waals surface area contributed by atoms with Crippen LogP contribution in [-0.4, -0.2) is 40.0 Å². The zero-order valence-electron chi connectivity index (χ0n) is 11.8. The number of carbonyl (C=O) groups excluding carboxylic acids is 1. The van der Waals surface area contributed by atoms with Gasteiger partial charge in [0, 0.05) is 24.3 Å². The third-order valence-corrected chi connectivity index (χ3v) is 4.17. The van der Waals surface area contributed by atoms with Crippen molar-refractivity contribution in [3.63, 3.8) is 0 Å². The van der Waals surface area contributed by atoms with Crippen LogP contribution < -0.4 is 4.74 Å². The molecule has 0 bridgehead atoms. The lowest BCUT2D eigenvalue weighted by Gasteiger charge is -2.32. The highest BCUT2D eigenvalue weighted by Gasteiger charge is 2.26. The molecule has 1 unspecified atom stereocenters. The maximum atomic E-state index is 12.4. The summed E-state index contributed by atoms with van der Waals surface area (Å²) < 4.78 is 5.79. The van der Waals surface area contributed by atoms with E-state index in [1.54, 1.807) is 4.90 Å². The minimum atomic E-state index is -0.167. The van der Waals surface area contributed by atoms with E-state index in [9.17, 15) is 4.79 Å². The number of nitriles is 1. The molecule has 1 saturated heterocycles.